The van der Waals surface area contributed by atoms with Crippen molar-refractivity contribution in [2.24, 2.45) is 5.92 Å². The second-order valence-electron chi connectivity index (χ2n) is 6.12. The van der Waals surface area contributed by atoms with E-state index in [-0.39, 0.29) is 63.8 Å². The van der Waals surface area contributed by atoms with Crippen LogP contribution in [-0.2, 0) is 4.79 Å². The molecule has 116 valence electrons. The molecular formula is C13H23BF3KN2O. The number of hydrogen-bond acceptors (Lipinski definition) is 2. The number of halogens is 3. The quantitative estimate of drug-likeness (QED) is 0.634. The van der Waals surface area contributed by atoms with Crippen molar-refractivity contribution in [1.82, 2.24) is 9.80 Å². The predicted octanol–water partition coefficient (Wildman–Crippen LogP) is -0.508. The summed E-state index contributed by atoms with van der Waals surface area (Å²) in [5, 5.41) is 0. The van der Waals surface area contributed by atoms with E-state index in [4.69, 9.17) is 0 Å². The van der Waals surface area contributed by atoms with Crippen molar-refractivity contribution >= 4 is 12.9 Å². The van der Waals surface area contributed by atoms with E-state index in [1.54, 1.807) is 4.90 Å². The van der Waals surface area contributed by atoms with E-state index >= 15 is 0 Å². The van der Waals surface area contributed by atoms with E-state index in [9.17, 15) is 17.7 Å². The maximum absolute atomic E-state index is 12.4. The van der Waals surface area contributed by atoms with Gasteiger partial charge in [-0.15, -0.1) is 0 Å². The third-order valence-corrected chi connectivity index (χ3v) is 4.39. The third-order valence-electron chi connectivity index (χ3n) is 4.39. The molecule has 1 saturated carbocycles. The van der Waals surface area contributed by atoms with Gasteiger partial charge in [0.05, 0.1) is 6.54 Å². The zero-order chi connectivity index (χ0) is 14.6. The summed E-state index contributed by atoms with van der Waals surface area (Å²) in [6, 6.07) is 0. The molecule has 21 heavy (non-hydrogen) atoms. The molecule has 0 aromatic rings. The Morgan fingerprint density at radius 2 is 1.76 bits per heavy atom. The molecular weight excluding hydrogens is 307 g/mol. The van der Waals surface area contributed by atoms with Crippen LogP contribution in [0.5, 0.6) is 0 Å². The van der Waals surface area contributed by atoms with Gasteiger partial charge in [0.25, 0.3) is 0 Å². The molecule has 1 aliphatic heterocycles. The minimum Gasteiger partial charge on any atom is -0.448 e. The minimum absolute atomic E-state index is 0. The molecule has 0 aromatic heterocycles. The van der Waals surface area contributed by atoms with E-state index in [1.165, 1.54) is 37.0 Å². The van der Waals surface area contributed by atoms with Crippen LogP contribution in [0.3, 0.4) is 0 Å². The van der Waals surface area contributed by atoms with Crippen LogP contribution in [0.1, 0.15) is 38.5 Å². The summed E-state index contributed by atoms with van der Waals surface area (Å²) in [7, 11) is 0. The second-order valence-corrected chi connectivity index (χ2v) is 6.12. The van der Waals surface area contributed by atoms with Gasteiger partial charge in [-0.2, -0.15) is 0 Å². The molecule has 1 saturated heterocycles. The number of carbonyl (C=O) groups is 1. The fourth-order valence-electron chi connectivity index (χ4n) is 3.26. The summed E-state index contributed by atoms with van der Waals surface area (Å²) >= 11 is 0. The van der Waals surface area contributed by atoms with Gasteiger partial charge in [0.15, 0.2) is 0 Å². The molecule has 2 aliphatic rings. The van der Waals surface area contributed by atoms with Crippen LogP contribution < -0.4 is 51.4 Å². The molecule has 0 radical (unpaired) electrons. The zero-order valence-corrected chi connectivity index (χ0v) is 16.0. The Balaban J connectivity index is 0.00000220. The van der Waals surface area contributed by atoms with Crippen molar-refractivity contribution in [1.29, 1.82) is 0 Å². The maximum atomic E-state index is 12.4. The predicted molar refractivity (Wildman–Crippen MR) is 73.3 cm³/mol. The first-order valence-electron chi connectivity index (χ1n) is 7.65. The van der Waals surface area contributed by atoms with Crippen molar-refractivity contribution in [2.75, 3.05) is 32.6 Å². The van der Waals surface area contributed by atoms with Gasteiger partial charge in [-0.05, 0) is 18.8 Å². The van der Waals surface area contributed by atoms with E-state index in [2.05, 4.69) is 0 Å². The van der Waals surface area contributed by atoms with Crippen LogP contribution >= 0.6 is 0 Å². The van der Waals surface area contributed by atoms with Crippen LogP contribution in [0.2, 0.25) is 0 Å². The Hall–Kier alpha value is 0.921. The molecule has 3 nitrogen and oxygen atoms in total. The molecule has 1 aliphatic carbocycles. The summed E-state index contributed by atoms with van der Waals surface area (Å²) in [5.74, 6) is 0.556. The fourth-order valence-corrected chi connectivity index (χ4v) is 3.26. The monoisotopic (exact) mass is 330 g/mol. The molecule has 0 atom stereocenters. The molecule has 0 N–H and O–H groups in total. The van der Waals surface area contributed by atoms with Gasteiger partial charge in [0, 0.05) is 19.6 Å². The average Bonchev–Trinajstić information content (AvgIpc) is 2.37. The van der Waals surface area contributed by atoms with Gasteiger partial charge < -0.3 is 22.7 Å². The normalized spacial score (nSPS) is 22.2. The summed E-state index contributed by atoms with van der Waals surface area (Å²) in [5.41, 5.74) is 0. The standard InChI is InChI=1S/C13H23BF3N2O.K/c15-14(16,17)11-18-8-9-19(13(20)10-18)7-6-12-4-2-1-3-5-12;/h12H,1-11H2;/q-1;+1. The molecule has 1 amide bonds. The second kappa shape index (κ2) is 9.27. The van der Waals surface area contributed by atoms with E-state index in [0.717, 1.165) is 6.42 Å². The smallest absolute Gasteiger partial charge is 0.448 e. The van der Waals surface area contributed by atoms with Gasteiger partial charge in [-0.1, -0.05) is 32.1 Å². The average molecular weight is 330 g/mol. The molecule has 0 aromatic carbocycles. The molecule has 2 fully saturated rings. The summed E-state index contributed by atoms with van der Waals surface area (Å²) in [6.45, 7) is -3.41. The Morgan fingerprint density at radius 3 is 2.33 bits per heavy atom. The Kier molecular flexibility index (Phi) is 8.82. The number of rotatable bonds is 5. The van der Waals surface area contributed by atoms with Crippen molar-refractivity contribution in [3.8, 4) is 0 Å². The third kappa shape index (κ3) is 7.35. The topological polar surface area (TPSA) is 23.6 Å². The first-order valence-corrected chi connectivity index (χ1v) is 7.65. The summed E-state index contributed by atoms with van der Waals surface area (Å²) in [4.78, 5) is 14.9. The first-order chi connectivity index (χ1) is 9.44. The molecule has 0 spiro atoms. The number of amides is 1. The van der Waals surface area contributed by atoms with E-state index in [0.29, 0.717) is 25.6 Å². The molecule has 1 heterocycles. The van der Waals surface area contributed by atoms with Gasteiger partial charge in [-0.25, -0.2) is 0 Å². The molecule has 0 bridgehead atoms. The Bertz CT molecular complexity index is 338. The first kappa shape index (κ1) is 20.0. The minimum atomic E-state index is -4.83. The van der Waals surface area contributed by atoms with Crippen LogP contribution in [0.4, 0.5) is 12.9 Å². The number of nitrogens with zero attached hydrogens (tertiary/aromatic N) is 2. The summed E-state index contributed by atoms with van der Waals surface area (Å²) < 4.78 is 37.1. The van der Waals surface area contributed by atoms with Gasteiger partial charge in [0.2, 0.25) is 5.91 Å². The SMILES string of the molecule is O=C1CN(C[B-](F)(F)F)CCN1CCC1CCCCC1.[K+]. The molecule has 2 rings (SSSR count). The van der Waals surface area contributed by atoms with Gasteiger partial charge in [0.1, 0.15) is 0 Å². The largest absolute Gasteiger partial charge is 1.00 e. The fraction of sp³-hybridized carbons (Fsp3) is 0.923. The molecule has 0 unspecified atom stereocenters. The summed E-state index contributed by atoms with van der Waals surface area (Å²) in [6.07, 6.45) is 6.44. The van der Waals surface area contributed by atoms with E-state index in [1.807, 2.05) is 0 Å². The van der Waals surface area contributed by atoms with Crippen LogP contribution in [0, 0.1) is 5.92 Å². The van der Waals surface area contributed by atoms with Crippen molar-refractivity contribution in [3.05, 3.63) is 0 Å². The number of hydrogen-bond donors (Lipinski definition) is 0. The van der Waals surface area contributed by atoms with Crippen molar-refractivity contribution in [2.45, 2.75) is 38.5 Å². The van der Waals surface area contributed by atoms with E-state index < -0.39 is 13.4 Å². The Labute approximate surface area is 167 Å². The van der Waals surface area contributed by atoms with Gasteiger partial charge in [-0.3, -0.25) is 4.79 Å². The maximum Gasteiger partial charge on any atom is 1.00 e. The van der Waals surface area contributed by atoms with Crippen molar-refractivity contribution in [3.63, 3.8) is 0 Å². The molecule has 8 heteroatoms. The zero-order valence-electron chi connectivity index (χ0n) is 12.9. The van der Waals surface area contributed by atoms with Crippen LogP contribution in [0.15, 0.2) is 0 Å². The number of carbonyl (C=O) groups excluding carboxylic acids is 1. The Morgan fingerprint density at radius 1 is 1.10 bits per heavy atom. The van der Waals surface area contributed by atoms with Crippen molar-refractivity contribution < 1.29 is 69.1 Å². The van der Waals surface area contributed by atoms with Gasteiger partial charge >= 0.3 is 58.4 Å². The van der Waals surface area contributed by atoms with Crippen LogP contribution in [0.25, 0.3) is 0 Å². The number of piperazine rings is 1. The van der Waals surface area contributed by atoms with Crippen LogP contribution in [-0.4, -0.2) is 55.3 Å².